The van der Waals surface area contributed by atoms with Crippen LogP contribution in [0.1, 0.15) is 24.8 Å². The molecule has 0 saturated carbocycles. The summed E-state index contributed by atoms with van der Waals surface area (Å²) in [5.41, 5.74) is 1.39. The Morgan fingerprint density at radius 2 is 1.86 bits per heavy atom. The molecule has 0 bridgehead atoms. The lowest BCUT2D eigenvalue weighted by molar-refractivity contribution is -0.116. The molecular formula is C16H14Cl2FNO. The van der Waals surface area contributed by atoms with Crippen LogP contribution >= 0.6 is 23.2 Å². The molecule has 2 rings (SSSR count). The van der Waals surface area contributed by atoms with Gasteiger partial charge in [0, 0.05) is 11.4 Å². The highest BCUT2D eigenvalue weighted by Gasteiger charge is 2.13. The molecule has 0 spiro atoms. The Bertz CT molecular complexity index is 643. The largest absolute Gasteiger partial charge is 0.325 e. The minimum atomic E-state index is -0.291. The highest BCUT2D eigenvalue weighted by atomic mass is 35.5. The molecule has 2 nitrogen and oxygen atoms in total. The van der Waals surface area contributed by atoms with E-state index in [1.807, 2.05) is 6.92 Å². The molecule has 0 saturated heterocycles. The van der Waals surface area contributed by atoms with Gasteiger partial charge in [-0.3, -0.25) is 4.79 Å². The molecule has 0 aliphatic heterocycles. The van der Waals surface area contributed by atoms with Gasteiger partial charge in [0.1, 0.15) is 5.82 Å². The van der Waals surface area contributed by atoms with Gasteiger partial charge in [-0.15, -0.1) is 0 Å². The maximum absolute atomic E-state index is 12.9. The summed E-state index contributed by atoms with van der Waals surface area (Å²) in [4.78, 5) is 12.0. The first kappa shape index (κ1) is 15.8. The molecule has 2 aromatic carbocycles. The number of anilines is 1. The fourth-order valence-electron chi connectivity index (χ4n) is 1.98. The zero-order valence-electron chi connectivity index (χ0n) is 11.4. The van der Waals surface area contributed by atoms with Crippen molar-refractivity contribution in [2.24, 2.45) is 0 Å². The quantitative estimate of drug-likeness (QED) is 0.815. The molecule has 1 N–H and O–H groups in total. The number of amides is 1. The van der Waals surface area contributed by atoms with Crippen LogP contribution in [-0.2, 0) is 4.79 Å². The number of nitrogens with one attached hydrogen (secondary N) is 1. The summed E-state index contributed by atoms with van der Waals surface area (Å²) < 4.78 is 12.9. The van der Waals surface area contributed by atoms with Crippen LogP contribution < -0.4 is 5.32 Å². The van der Waals surface area contributed by atoms with Crippen LogP contribution in [0.15, 0.2) is 42.5 Å². The van der Waals surface area contributed by atoms with E-state index in [9.17, 15) is 9.18 Å². The number of carbonyl (C=O) groups excluding carboxylic acids is 1. The van der Waals surface area contributed by atoms with Crippen LogP contribution in [0.4, 0.5) is 10.1 Å². The van der Waals surface area contributed by atoms with Crippen molar-refractivity contribution in [3.8, 4) is 0 Å². The second-order valence-corrected chi connectivity index (χ2v) is 5.67. The number of halogens is 3. The fourth-order valence-corrected chi connectivity index (χ4v) is 2.32. The first-order valence-corrected chi connectivity index (χ1v) is 7.21. The Morgan fingerprint density at radius 3 is 2.52 bits per heavy atom. The van der Waals surface area contributed by atoms with Crippen molar-refractivity contribution >= 4 is 34.8 Å². The minimum Gasteiger partial charge on any atom is -0.325 e. The predicted octanol–water partition coefficient (Wildman–Crippen LogP) is 5.26. The van der Waals surface area contributed by atoms with Crippen LogP contribution in [0.25, 0.3) is 0 Å². The smallest absolute Gasteiger partial charge is 0.225 e. The third-order valence-corrected chi connectivity index (χ3v) is 3.70. The summed E-state index contributed by atoms with van der Waals surface area (Å²) in [6, 6.07) is 11.0. The average molecular weight is 326 g/mol. The van der Waals surface area contributed by atoms with Gasteiger partial charge >= 0.3 is 0 Å². The fraction of sp³-hybridized carbons (Fsp3) is 0.188. The molecule has 0 aromatic heterocycles. The molecule has 1 amide bonds. The minimum absolute atomic E-state index is 0.0245. The van der Waals surface area contributed by atoms with Crippen molar-refractivity contribution in [2.75, 3.05) is 5.32 Å². The molecule has 0 radical (unpaired) electrons. The van der Waals surface area contributed by atoms with Crippen LogP contribution in [-0.4, -0.2) is 5.91 Å². The summed E-state index contributed by atoms with van der Waals surface area (Å²) in [5.74, 6) is -0.485. The van der Waals surface area contributed by atoms with Crippen LogP contribution in [0.5, 0.6) is 0 Å². The Morgan fingerprint density at radius 1 is 1.19 bits per heavy atom. The molecule has 5 heteroatoms. The molecule has 1 unspecified atom stereocenters. The molecule has 0 fully saturated rings. The van der Waals surface area contributed by atoms with Gasteiger partial charge in [0.25, 0.3) is 0 Å². The van der Waals surface area contributed by atoms with Crippen LogP contribution in [0.3, 0.4) is 0 Å². The third-order valence-electron chi connectivity index (χ3n) is 3.13. The molecule has 110 valence electrons. The second-order valence-electron chi connectivity index (χ2n) is 4.83. The molecule has 0 aliphatic rings. The molecule has 2 aromatic rings. The lowest BCUT2D eigenvalue weighted by Gasteiger charge is -2.13. The lowest BCUT2D eigenvalue weighted by atomic mass is 9.97. The molecule has 0 aliphatic carbocycles. The van der Waals surface area contributed by atoms with Crippen molar-refractivity contribution in [2.45, 2.75) is 19.3 Å². The number of benzene rings is 2. The topological polar surface area (TPSA) is 29.1 Å². The van der Waals surface area contributed by atoms with E-state index >= 15 is 0 Å². The van der Waals surface area contributed by atoms with Gasteiger partial charge in [-0.1, -0.05) is 42.3 Å². The Balaban J connectivity index is 2.01. The zero-order chi connectivity index (χ0) is 15.4. The summed E-state index contributed by atoms with van der Waals surface area (Å²) in [5, 5.41) is 3.67. The molecule has 0 heterocycles. The van der Waals surface area contributed by atoms with Crippen LogP contribution in [0, 0.1) is 5.82 Å². The van der Waals surface area contributed by atoms with Gasteiger partial charge < -0.3 is 5.32 Å². The zero-order valence-corrected chi connectivity index (χ0v) is 12.9. The standard InChI is InChI=1S/C16H14Cl2FNO/c1-10(11-2-5-13(19)6-3-11)8-16(21)20-15-9-12(17)4-7-14(15)18/h2-7,9-10H,8H2,1H3,(H,20,21). The van der Waals surface area contributed by atoms with Crippen LogP contribution in [0.2, 0.25) is 10.0 Å². The van der Waals surface area contributed by atoms with E-state index in [0.29, 0.717) is 15.7 Å². The number of hydrogen-bond acceptors (Lipinski definition) is 1. The van der Waals surface area contributed by atoms with Crippen molar-refractivity contribution in [3.63, 3.8) is 0 Å². The monoisotopic (exact) mass is 325 g/mol. The third kappa shape index (κ3) is 4.45. The maximum atomic E-state index is 12.9. The van der Waals surface area contributed by atoms with Gasteiger partial charge in [-0.25, -0.2) is 4.39 Å². The van der Waals surface area contributed by atoms with E-state index in [4.69, 9.17) is 23.2 Å². The van der Waals surface area contributed by atoms with Crippen molar-refractivity contribution in [3.05, 3.63) is 63.9 Å². The highest BCUT2D eigenvalue weighted by Crippen LogP contribution is 2.26. The van der Waals surface area contributed by atoms with E-state index < -0.39 is 0 Å². The van der Waals surface area contributed by atoms with Gasteiger partial charge in [0.2, 0.25) is 5.91 Å². The number of hydrogen-bond donors (Lipinski definition) is 1. The van der Waals surface area contributed by atoms with Crippen molar-refractivity contribution in [1.29, 1.82) is 0 Å². The Hall–Kier alpha value is -1.58. The highest BCUT2D eigenvalue weighted by molar-refractivity contribution is 6.35. The predicted molar refractivity (Wildman–Crippen MR) is 84.5 cm³/mol. The summed E-state index contributed by atoms with van der Waals surface area (Å²) in [7, 11) is 0. The maximum Gasteiger partial charge on any atom is 0.225 e. The van der Waals surface area contributed by atoms with E-state index in [-0.39, 0.29) is 24.1 Å². The van der Waals surface area contributed by atoms with Crippen molar-refractivity contribution in [1.82, 2.24) is 0 Å². The molecular weight excluding hydrogens is 312 g/mol. The van der Waals surface area contributed by atoms with E-state index in [0.717, 1.165) is 5.56 Å². The van der Waals surface area contributed by atoms with E-state index in [1.54, 1.807) is 30.3 Å². The van der Waals surface area contributed by atoms with Gasteiger partial charge in [0.05, 0.1) is 10.7 Å². The summed E-state index contributed by atoms with van der Waals surface area (Å²) in [6.45, 7) is 1.91. The van der Waals surface area contributed by atoms with Gasteiger partial charge in [-0.05, 0) is 41.8 Å². The lowest BCUT2D eigenvalue weighted by Crippen LogP contribution is -2.14. The van der Waals surface area contributed by atoms with E-state index in [1.165, 1.54) is 12.1 Å². The first-order chi connectivity index (χ1) is 9.95. The number of carbonyl (C=O) groups is 1. The van der Waals surface area contributed by atoms with Gasteiger partial charge in [0.15, 0.2) is 0 Å². The van der Waals surface area contributed by atoms with Gasteiger partial charge in [-0.2, -0.15) is 0 Å². The SMILES string of the molecule is CC(CC(=O)Nc1cc(Cl)ccc1Cl)c1ccc(F)cc1. The van der Waals surface area contributed by atoms with E-state index in [2.05, 4.69) is 5.32 Å². The Labute approximate surface area is 132 Å². The van der Waals surface area contributed by atoms with Crippen molar-refractivity contribution < 1.29 is 9.18 Å². The molecule has 1 atom stereocenters. The summed E-state index contributed by atoms with van der Waals surface area (Å²) >= 11 is 11.9. The summed E-state index contributed by atoms with van der Waals surface area (Å²) in [6.07, 6.45) is 0.272. The normalized spacial score (nSPS) is 12.0. The number of rotatable bonds is 4. The second kappa shape index (κ2) is 6.92. The first-order valence-electron chi connectivity index (χ1n) is 6.46. The Kier molecular flexibility index (Phi) is 5.21. The molecule has 21 heavy (non-hydrogen) atoms. The average Bonchev–Trinajstić information content (AvgIpc) is 2.43.